The van der Waals surface area contributed by atoms with Crippen LogP contribution in [0.5, 0.6) is 11.5 Å². The third kappa shape index (κ3) is 4.78. The number of hydrogen-bond donors (Lipinski definition) is 1. The van der Waals surface area contributed by atoms with Gasteiger partial charge >= 0.3 is 4.87 Å². The van der Waals surface area contributed by atoms with Gasteiger partial charge < -0.3 is 14.8 Å². The highest BCUT2D eigenvalue weighted by atomic mass is 32.2. The first-order valence-corrected chi connectivity index (χ1v) is 14.9. The first-order chi connectivity index (χ1) is 20.3. The molecule has 0 bridgehead atoms. The summed E-state index contributed by atoms with van der Waals surface area (Å²) in [7, 11) is 3.09. The summed E-state index contributed by atoms with van der Waals surface area (Å²) in [6.07, 6.45) is 0. The number of carbonyl (C=O) groups is 3. The molecule has 1 aromatic heterocycles. The van der Waals surface area contributed by atoms with Gasteiger partial charge in [-0.3, -0.25) is 23.7 Å². The molecule has 2 aliphatic heterocycles. The van der Waals surface area contributed by atoms with Crippen LogP contribution in [0.1, 0.15) is 21.9 Å². The second-order valence-electron chi connectivity index (χ2n) is 10.0. The molecule has 0 unspecified atom stereocenters. The summed E-state index contributed by atoms with van der Waals surface area (Å²) in [6.45, 7) is 1.72. The number of fused-ring (bicyclic) bond motifs is 2. The largest absolute Gasteiger partial charge is 0.497 e. The van der Waals surface area contributed by atoms with Crippen LogP contribution in [0.25, 0.3) is 0 Å². The van der Waals surface area contributed by atoms with Gasteiger partial charge in [0.25, 0.3) is 0 Å². The van der Waals surface area contributed by atoms with E-state index >= 15 is 0 Å². The van der Waals surface area contributed by atoms with Crippen molar-refractivity contribution in [3.05, 3.63) is 98.5 Å². The molecule has 0 spiro atoms. The Bertz CT molecular complexity index is 1750. The van der Waals surface area contributed by atoms with Crippen molar-refractivity contribution in [2.45, 2.75) is 29.7 Å². The number of anilines is 2. The number of thiazole rings is 1. The quantitative estimate of drug-likeness (QED) is 0.307. The summed E-state index contributed by atoms with van der Waals surface area (Å²) in [5.74, 6) is -1.35. The molecule has 0 aliphatic carbocycles. The van der Waals surface area contributed by atoms with Gasteiger partial charge in [-0.25, -0.2) is 4.90 Å². The lowest BCUT2D eigenvalue weighted by Gasteiger charge is -2.31. The van der Waals surface area contributed by atoms with Gasteiger partial charge in [0, 0.05) is 22.0 Å². The fourth-order valence-electron chi connectivity index (χ4n) is 5.48. The van der Waals surface area contributed by atoms with Crippen LogP contribution in [0.15, 0.2) is 82.6 Å². The maximum Gasteiger partial charge on any atom is 0.308 e. The molecule has 0 saturated carbocycles. The normalized spacial score (nSPS) is 19.3. The van der Waals surface area contributed by atoms with Crippen molar-refractivity contribution in [1.29, 1.82) is 0 Å². The number of aromatic nitrogens is 1. The summed E-state index contributed by atoms with van der Waals surface area (Å²) in [5.41, 5.74) is 2.82. The number of methoxy groups -OCH3 is 2. The Balaban J connectivity index is 1.42. The van der Waals surface area contributed by atoms with Crippen LogP contribution in [-0.2, 0) is 20.9 Å². The van der Waals surface area contributed by atoms with Gasteiger partial charge in [-0.15, -0.1) is 0 Å². The predicted molar refractivity (Wildman–Crippen MR) is 162 cm³/mol. The first-order valence-electron chi connectivity index (χ1n) is 13.2. The van der Waals surface area contributed by atoms with Crippen molar-refractivity contribution in [3.63, 3.8) is 0 Å². The van der Waals surface area contributed by atoms with Crippen LogP contribution in [0, 0.1) is 12.8 Å². The molecule has 214 valence electrons. The Hall–Kier alpha value is -4.35. The molecule has 4 aromatic rings. The summed E-state index contributed by atoms with van der Waals surface area (Å²) in [4.78, 5) is 55.9. The number of hydrogen-bond acceptors (Lipinski definition) is 8. The third-order valence-corrected chi connectivity index (χ3v) is 10.1. The minimum absolute atomic E-state index is 0.230. The Labute approximate surface area is 250 Å². The highest BCUT2D eigenvalue weighted by Crippen LogP contribution is 2.55. The third-order valence-electron chi connectivity index (χ3n) is 7.49. The molecule has 11 heteroatoms. The topological polar surface area (TPSA) is 107 Å². The lowest BCUT2D eigenvalue weighted by molar-refractivity contribution is -0.122. The molecule has 3 heterocycles. The summed E-state index contributed by atoms with van der Waals surface area (Å²) >= 11 is 2.17. The molecule has 2 aliphatic rings. The molecule has 6 rings (SSSR count). The summed E-state index contributed by atoms with van der Waals surface area (Å²) in [5, 5.41) is 2.55. The van der Waals surface area contributed by atoms with Gasteiger partial charge in [0.15, 0.2) is 0 Å². The van der Waals surface area contributed by atoms with Crippen molar-refractivity contribution in [1.82, 2.24) is 4.57 Å². The van der Waals surface area contributed by atoms with Crippen molar-refractivity contribution in [3.8, 4) is 11.5 Å². The minimum Gasteiger partial charge on any atom is -0.497 e. The fourth-order valence-corrected chi connectivity index (χ4v) is 8.24. The van der Waals surface area contributed by atoms with E-state index in [-0.39, 0.29) is 29.1 Å². The average molecular weight is 602 g/mol. The number of amides is 3. The monoisotopic (exact) mass is 601 g/mol. The number of nitrogens with one attached hydrogen (secondary N) is 1. The highest BCUT2D eigenvalue weighted by molar-refractivity contribution is 8.00. The van der Waals surface area contributed by atoms with E-state index < -0.39 is 17.1 Å². The van der Waals surface area contributed by atoms with E-state index in [1.54, 1.807) is 56.7 Å². The maximum atomic E-state index is 14.1. The van der Waals surface area contributed by atoms with Crippen LogP contribution >= 0.6 is 23.1 Å². The maximum absolute atomic E-state index is 14.1. The van der Waals surface area contributed by atoms with E-state index in [9.17, 15) is 19.2 Å². The zero-order chi connectivity index (χ0) is 29.5. The molecule has 3 amide bonds. The average Bonchev–Trinajstić information content (AvgIpc) is 3.44. The number of ether oxygens (including phenoxy) is 2. The van der Waals surface area contributed by atoms with Crippen LogP contribution in [0.2, 0.25) is 0 Å². The second-order valence-corrected chi connectivity index (χ2v) is 12.2. The molecule has 42 heavy (non-hydrogen) atoms. The van der Waals surface area contributed by atoms with Gasteiger partial charge in [-0.2, -0.15) is 0 Å². The number of rotatable bonds is 7. The number of benzene rings is 3. The number of para-hydroxylation sites is 1. The van der Waals surface area contributed by atoms with E-state index in [2.05, 4.69) is 5.32 Å². The van der Waals surface area contributed by atoms with Gasteiger partial charge in [-0.1, -0.05) is 59.0 Å². The molecule has 3 aromatic carbocycles. The minimum atomic E-state index is -0.803. The molecule has 9 nitrogen and oxygen atoms in total. The van der Waals surface area contributed by atoms with Crippen LogP contribution in [0.3, 0.4) is 0 Å². The van der Waals surface area contributed by atoms with E-state index in [1.807, 2.05) is 37.3 Å². The Morgan fingerprint density at radius 3 is 2.31 bits per heavy atom. The lowest BCUT2D eigenvalue weighted by Crippen LogP contribution is -2.33. The zero-order valence-electron chi connectivity index (χ0n) is 23.0. The Morgan fingerprint density at radius 1 is 0.905 bits per heavy atom. The van der Waals surface area contributed by atoms with Gasteiger partial charge in [0.1, 0.15) is 23.3 Å². The standard InChI is InChI=1S/C31H27N3O6S2/c1-17-8-10-18(11-9-17)32-23(35)16-33-30-27(42-31(33)38)24(21-6-4-5-7-22(21)40-3)25-26(41-30)29(37)34(28(25)36)19-12-14-20(39-2)15-13-19/h4-15,24-26H,16H2,1-3H3,(H,32,35)/t24-,25-,26+/m0/s1. The SMILES string of the molecule is COc1ccc(N2C(=O)[C@H]3[C@H](c4ccccc4OC)c4sc(=O)n(CC(=O)Nc5ccc(C)cc5)c4S[C@H]3C2=O)cc1. The summed E-state index contributed by atoms with van der Waals surface area (Å²) < 4.78 is 12.3. The number of aryl methyl sites for hydroxylation is 1. The van der Waals surface area contributed by atoms with E-state index in [0.717, 1.165) is 16.9 Å². The number of thioether (sulfide) groups is 1. The van der Waals surface area contributed by atoms with Gasteiger partial charge in [-0.05, 0) is 49.4 Å². The molecule has 1 fully saturated rings. The second kappa shape index (κ2) is 11.1. The van der Waals surface area contributed by atoms with Crippen molar-refractivity contribution in [2.75, 3.05) is 24.4 Å². The zero-order valence-corrected chi connectivity index (χ0v) is 24.7. The predicted octanol–water partition coefficient (Wildman–Crippen LogP) is 4.67. The van der Waals surface area contributed by atoms with Gasteiger partial charge in [0.05, 0.1) is 30.9 Å². The first kappa shape index (κ1) is 27.8. The molecule has 1 N–H and O–H groups in total. The molecule has 1 saturated heterocycles. The molecule has 3 atom stereocenters. The Morgan fingerprint density at radius 2 is 1.62 bits per heavy atom. The molecule has 0 radical (unpaired) electrons. The smallest absolute Gasteiger partial charge is 0.308 e. The van der Waals surface area contributed by atoms with Crippen molar-refractivity contribution < 1.29 is 23.9 Å². The number of imide groups is 1. The molecular formula is C31H27N3O6S2. The van der Waals surface area contributed by atoms with E-state index in [1.165, 1.54) is 21.2 Å². The molecular weight excluding hydrogens is 574 g/mol. The highest BCUT2D eigenvalue weighted by Gasteiger charge is 2.57. The van der Waals surface area contributed by atoms with E-state index in [0.29, 0.717) is 38.3 Å². The Kier molecular flexibility index (Phi) is 7.38. The van der Waals surface area contributed by atoms with Crippen LogP contribution in [0.4, 0.5) is 11.4 Å². The number of carbonyl (C=O) groups excluding carboxylic acids is 3. The van der Waals surface area contributed by atoms with Gasteiger partial charge in [0.2, 0.25) is 17.7 Å². The van der Waals surface area contributed by atoms with Crippen LogP contribution in [-0.4, -0.2) is 41.8 Å². The fraction of sp³-hybridized carbons (Fsp3) is 0.226. The van der Waals surface area contributed by atoms with Crippen molar-refractivity contribution >= 4 is 52.2 Å². The van der Waals surface area contributed by atoms with E-state index in [4.69, 9.17) is 9.47 Å². The van der Waals surface area contributed by atoms with Crippen molar-refractivity contribution in [2.24, 2.45) is 5.92 Å². The number of nitrogens with zero attached hydrogens (tertiary/aromatic N) is 2. The lowest BCUT2D eigenvalue weighted by atomic mass is 9.82. The van der Waals surface area contributed by atoms with Crippen LogP contribution < -0.4 is 24.6 Å². The summed E-state index contributed by atoms with van der Waals surface area (Å²) in [6, 6.07) is 21.4.